The van der Waals surface area contributed by atoms with E-state index in [0.29, 0.717) is 23.6 Å². The third-order valence-electron chi connectivity index (χ3n) is 2.92. The van der Waals surface area contributed by atoms with Gasteiger partial charge in [-0.1, -0.05) is 18.2 Å². The molecule has 19 heavy (non-hydrogen) atoms. The van der Waals surface area contributed by atoms with Crippen molar-refractivity contribution in [1.29, 1.82) is 0 Å². The number of fused-ring (bicyclic) bond motifs is 1. The highest BCUT2D eigenvalue weighted by atomic mass is 16.5. The zero-order valence-electron chi connectivity index (χ0n) is 10.2. The molecule has 0 aliphatic heterocycles. The number of hydrogen-bond acceptors (Lipinski definition) is 4. The summed E-state index contributed by atoms with van der Waals surface area (Å²) in [7, 11) is 0. The van der Waals surface area contributed by atoms with Crippen LogP contribution >= 0.6 is 0 Å². The minimum atomic E-state index is 0.179. The van der Waals surface area contributed by atoms with E-state index in [-0.39, 0.29) is 5.75 Å². The number of para-hydroxylation sites is 1. The largest absolute Gasteiger partial charge is 0.508 e. The molecule has 3 N–H and O–H groups in total. The molecule has 3 aromatic rings. The van der Waals surface area contributed by atoms with Crippen molar-refractivity contribution in [3.05, 3.63) is 54.3 Å². The van der Waals surface area contributed by atoms with Gasteiger partial charge in [0.1, 0.15) is 18.1 Å². The number of benzene rings is 2. The van der Waals surface area contributed by atoms with Crippen LogP contribution in [0.25, 0.3) is 11.0 Å². The van der Waals surface area contributed by atoms with Crippen molar-refractivity contribution in [1.82, 2.24) is 0 Å². The summed E-state index contributed by atoms with van der Waals surface area (Å²) in [5, 5.41) is 10.3. The molecule has 2 aromatic carbocycles. The van der Waals surface area contributed by atoms with Gasteiger partial charge in [-0.3, -0.25) is 0 Å². The molecule has 0 unspecified atom stereocenters. The Morgan fingerprint density at radius 1 is 1.16 bits per heavy atom. The van der Waals surface area contributed by atoms with Gasteiger partial charge in [0.2, 0.25) is 0 Å². The zero-order valence-corrected chi connectivity index (χ0v) is 10.2. The van der Waals surface area contributed by atoms with Crippen LogP contribution in [0.5, 0.6) is 11.5 Å². The third-order valence-corrected chi connectivity index (χ3v) is 2.92. The van der Waals surface area contributed by atoms with Crippen molar-refractivity contribution in [2.45, 2.75) is 6.61 Å². The summed E-state index contributed by atoms with van der Waals surface area (Å²) in [4.78, 5) is 0. The molecule has 3 rings (SSSR count). The van der Waals surface area contributed by atoms with Crippen LogP contribution < -0.4 is 10.5 Å². The maximum atomic E-state index is 9.36. The molecular formula is C15H13NO3. The van der Waals surface area contributed by atoms with Crippen LogP contribution in [0.1, 0.15) is 5.56 Å². The summed E-state index contributed by atoms with van der Waals surface area (Å²) < 4.78 is 11.1. The first-order valence-electron chi connectivity index (χ1n) is 5.90. The van der Waals surface area contributed by atoms with Crippen molar-refractivity contribution in [2.24, 2.45) is 0 Å². The first-order valence-corrected chi connectivity index (χ1v) is 5.90. The highest BCUT2D eigenvalue weighted by molar-refractivity contribution is 5.90. The fraction of sp³-hybridized carbons (Fsp3) is 0.0667. The van der Waals surface area contributed by atoms with Gasteiger partial charge in [0.25, 0.3) is 0 Å². The second-order valence-electron chi connectivity index (χ2n) is 4.27. The average Bonchev–Trinajstić information content (AvgIpc) is 2.81. The van der Waals surface area contributed by atoms with Crippen molar-refractivity contribution in [3.63, 3.8) is 0 Å². The molecule has 0 amide bonds. The molecule has 0 saturated carbocycles. The van der Waals surface area contributed by atoms with Gasteiger partial charge >= 0.3 is 0 Å². The number of furan rings is 1. The van der Waals surface area contributed by atoms with Gasteiger partial charge in [-0.25, -0.2) is 0 Å². The van der Waals surface area contributed by atoms with Gasteiger partial charge in [0, 0.05) is 17.0 Å². The number of anilines is 1. The standard InChI is InChI=1S/C15H13NO3/c16-14-6-2-5-13-10(9-19-15(13)14)8-18-12-4-1-3-11(17)7-12/h1-7,9,17H,8,16H2. The molecule has 4 nitrogen and oxygen atoms in total. The average molecular weight is 255 g/mol. The molecule has 1 heterocycles. The maximum absolute atomic E-state index is 9.36. The van der Waals surface area contributed by atoms with E-state index in [1.807, 2.05) is 12.1 Å². The number of nitrogens with two attached hydrogens (primary N) is 1. The molecule has 0 radical (unpaired) electrons. The number of aromatic hydroxyl groups is 1. The molecular weight excluding hydrogens is 242 g/mol. The molecule has 0 aliphatic rings. The van der Waals surface area contributed by atoms with Gasteiger partial charge in [-0.05, 0) is 18.2 Å². The topological polar surface area (TPSA) is 68.6 Å². The number of phenols is 1. The Balaban J connectivity index is 1.84. The third kappa shape index (κ3) is 2.20. The van der Waals surface area contributed by atoms with Crippen LogP contribution in [0.4, 0.5) is 5.69 Å². The van der Waals surface area contributed by atoms with E-state index in [4.69, 9.17) is 14.9 Å². The number of ether oxygens (including phenoxy) is 1. The molecule has 0 aliphatic carbocycles. The van der Waals surface area contributed by atoms with Crippen molar-refractivity contribution < 1.29 is 14.3 Å². The Morgan fingerprint density at radius 2 is 2.00 bits per heavy atom. The van der Waals surface area contributed by atoms with E-state index >= 15 is 0 Å². The van der Waals surface area contributed by atoms with Crippen LogP contribution in [0.2, 0.25) is 0 Å². The summed E-state index contributed by atoms with van der Waals surface area (Å²) >= 11 is 0. The molecule has 1 aromatic heterocycles. The molecule has 96 valence electrons. The Bertz CT molecular complexity index is 718. The molecule has 0 fully saturated rings. The van der Waals surface area contributed by atoms with Crippen LogP contribution in [-0.4, -0.2) is 5.11 Å². The first kappa shape index (κ1) is 11.5. The molecule has 4 heteroatoms. The van der Waals surface area contributed by atoms with E-state index in [0.717, 1.165) is 10.9 Å². The fourth-order valence-electron chi connectivity index (χ4n) is 1.98. The van der Waals surface area contributed by atoms with Crippen molar-refractivity contribution in [2.75, 3.05) is 5.73 Å². The van der Waals surface area contributed by atoms with Crippen molar-refractivity contribution >= 4 is 16.7 Å². The van der Waals surface area contributed by atoms with Gasteiger partial charge < -0.3 is 20.0 Å². The molecule has 0 saturated heterocycles. The number of rotatable bonds is 3. The van der Waals surface area contributed by atoms with E-state index in [9.17, 15) is 5.11 Å². The van der Waals surface area contributed by atoms with Gasteiger partial charge in [0.15, 0.2) is 5.58 Å². The van der Waals surface area contributed by atoms with E-state index in [1.165, 1.54) is 0 Å². The lowest BCUT2D eigenvalue weighted by Crippen LogP contribution is -1.94. The van der Waals surface area contributed by atoms with Gasteiger partial charge in [-0.15, -0.1) is 0 Å². The lowest BCUT2D eigenvalue weighted by Gasteiger charge is -2.05. The van der Waals surface area contributed by atoms with Crippen LogP contribution in [0.15, 0.2) is 53.1 Å². The monoisotopic (exact) mass is 255 g/mol. The fourth-order valence-corrected chi connectivity index (χ4v) is 1.98. The number of hydrogen-bond donors (Lipinski definition) is 2. The molecule has 0 bridgehead atoms. The predicted molar refractivity (Wildman–Crippen MR) is 73.1 cm³/mol. The summed E-state index contributed by atoms with van der Waals surface area (Å²) in [6.07, 6.45) is 1.64. The second-order valence-corrected chi connectivity index (χ2v) is 4.27. The van der Waals surface area contributed by atoms with Crippen LogP contribution in [0.3, 0.4) is 0 Å². The number of nitrogen functional groups attached to an aromatic ring is 1. The molecule has 0 spiro atoms. The highest BCUT2D eigenvalue weighted by Gasteiger charge is 2.08. The highest BCUT2D eigenvalue weighted by Crippen LogP contribution is 2.27. The smallest absolute Gasteiger partial charge is 0.157 e. The van der Waals surface area contributed by atoms with E-state index < -0.39 is 0 Å². The Morgan fingerprint density at radius 3 is 2.84 bits per heavy atom. The van der Waals surface area contributed by atoms with Gasteiger partial charge in [0.05, 0.1) is 12.0 Å². The van der Waals surface area contributed by atoms with Crippen LogP contribution in [-0.2, 0) is 6.61 Å². The Labute approximate surface area is 110 Å². The minimum absolute atomic E-state index is 0.179. The summed E-state index contributed by atoms with van der Waals surface area (Å²) in [6, 6.07) is 12.3. The SMILES string of the molecule is Nc1cccc2c(COc3cccc(O)c3)coc12. The second kappa shape index (κ2) is 4.57. The Hall–Kier alpha value is -2.62. The summed E-state index contributed by atoms with van der Waals surface area (Å²) in [5.74, 6) is 0.789. The first-order chi connectivity index (χ1) is 9.24. The maximum Gasteiger partial charge on any atom is 0.157 e. The van der Waals surface area contributed by atoms with Gasteiger partial charge in [-0.2, -0.15) is 0 Å². The van der Waals surface area contributed by atoms with Crippen LogP contribution in [0, 0.1) is 0 Å². The molecule has 0 atom stereocenters. The lowest BCUT2D eigenvalue weighted by molar-refractivity contribution is 0.304. The van der Waals surface area contributed by atoms with Crippen molar-refractivity contribution in [3.8, 4) is 11.5 Å². The zero-order chi connectivity index (χ0) is 13.2. The number of phenolic OH excluding ortho intramolecular Hbond substituents is 1. The predicted octanol–water partition coefficient (Wildman–Crippen LogP) is 3.30. The lowest BCUT2D eigenvalue weighted by atomic mass is 10.1. The quantitative estimate of drug-likeness (QED) is 0.704. The summed E-state index contributed by atoms with van der Waals surface area (Å²) in [6.45, 7) is 0.361. The Kier molecular flexibility index (Phi) is 2.76. The normalized spacial score (nSPS) is 10.7. The van der Waals surface area contributed by atoms with E-state index in [1.54, 1.807) is 36.6 Å². The van der Waals surface area contributed by atoms with E-state index in [2.05, 4.69) is 0 Å². The summed E-state index contributed by atoms with van der Waals surface area (Å²) in [5.41, 5.74) is 8.04. The minimum Gasteiger partial charge on any atom is -0.508 e.